The summed E-state index contributed by atoms with van der Waals surface area (Å²) in [5.74, 6) is 1.65. The lowest BCUT2D eigenvalue weighted by Gasteiger charge is -2.35. The highest BCUT2D eigenvalue weighted by atomic mass is 16.5. The van der Waals surface area contributed by atoms with Gasteiger partial charge in [0.15, 0.2) is 5.82 Å². The van der Waals surface area contributed by atoms with E-state index in [4.69, 9.17) is 10.3 Å². The summed E-state index contributed by atoms with van der Waals surface area (Å²) in [7, 11) is 0. The van der Waals surface area contributed by atoms with Crippen molar-refractivity contribution in [2.45, 2.75) is 51.0 Å². The van der Waals surface area contributed by atoms with Crippen molar-refractivity contribution < 1.29 is 4.52 Å². The molecule has 4 nitrogen and oxygen atoms in total. The molecule has 1 unspecified atom stereocenters. The third-order valence-corrected chi connectivity index (χ3v) is 4.75. The highest BCUT2D eigenvalue weighted by Gasteiger charge is 2.41. The molecule has 1 aromatic heterocycles. The summed E-state index contributed by atoms with van der Waals surface area (Å²) in [5, 5.41) is 4.18. The number of hydrogen-bond acceptors (Lipinski definition) is 4. The van der Waals surface area contributed by atoms with E-state index in [1.54, 1.807) is 0 Å². The minimum absolute atomic E-state index is 0.264. The second-order valence-corrected chi connectivity index (χ2v) is 6.76. The zero-order valence-electron chi connectivity index (χ0n) is 12.5. The second kappa shape index (κ2) is 4.16. The first kappa shape index (κ1) is 13.3. The van der Waals surface area contributed by atoms with Crippen molar-refractivity contribution in [2.75, 3.05) is 0 Å². The van der Waals surface area contributed by atoms with E-state index in [2.05, 4.69) is 34.4 Å². The summed E-state index contributed by atoms with van der Waals surface area (Å²) in [4.78, 5) is 4.61. The second-order valence-electron chi connectivity index (χ2n) is 6.76. The van der Waals surface area contributed by atoms with Crippen molar-refractivity contribution in [2.24, 2.45) is 5.73 Å². The standard InChI is InChI=1S/C16H21N3O/c1-15(2,16(3,4)17)14-18-13(19-20-14)12-9-10-7-5-6-8-11(10)12/h5-8,12H,9,17H2,1-4H3. The van der Waals surface area contributed by atoms with Gasteiger partial charge in [-0.2, -0.15) is 4.98 Å². The molecule has 0 radical (unpaired) electrons. The Morgan fingerprint density at radius 3 is 2.55 bits per heavy atom. The van der Waals surface area contributed by atoms with Gasteiger partial charge in [0.1, 0.15) is 0 Å². The van der Waals surface area contributed by atoms with Gasteiger partial charge in [0.2, 0.25) is 5.89 Å². The van der Waals surface area contributed by atoms with Crippen LogP contribution in [0.5, 0.6) is 0 Å². The predicted octanol–water partition coefficient (Wildman–Crippen LogP) is 2.77. The first-order chi connectivity index (χ1) is 9.30. The number of fused-ring (bicyclic) bond motifs is 1. The number of nitrogens with two attached hydrogens (primary N) is 1. The molecule has 20 heavy (non-hydrogen) atoms. The van der Waals surface area contributed by atoms with Crippen LogP contribution in [0.2, 0.25) is 0 Å². The third-order valence-electron chi connectivity index (χ3n) is 4.75. The van der Waals surface area contributed by atoms with E-state index in [0.717, 1.165) is 12.2 Å². The van der Waals surface area contributed by atoms with Gasteiger partial charge in [0.25, 0.3) is 0 Å². The molecule has 1 aliphatic rings. The zero-order chi connectivity index (χ0) is 14.5. The van der Waals surface area contributed by atoms with Crippen LogP contribution in [0.3, 0.4) is 0 Å². The van der Waals surface area contributed by atoms with Crippen LogP contribution in [0.4, 0.5) is 0 Å². The van der Waals surface area contributed by atoms with Gasteiger partial charge in [0, 0.05) is 5.54 Å². The maximum absolute atomic E-state index is 6.23. The molecule has 0 fully saturated rings. The summed E-state index contributed by atoms with van der Waals surface area (Å²) >= 11 is 0. The van der Waals surface area contributed by atoms with Gasteiger partial charge < -0.3 is 10.3 Å². The third kappa shape index (κ3) is 1.86. The fourth-order valence-corrected chi connectivity index (χ4v) is 2.40. The summed E-state index contributed by atoms with van der Waals surface area (Å²) in [6, 6.07) is 8.41. The van der Waals surface area contributed by atoms with Crippen LogP contribution in [-0.2, 0) is 11.8 Å². The van der Waals surface area contributed by atoms with Crippen molar-refractivity contribution in [3.05, 3.63) is 47.1 Å². The van der Waals surface area contributed by atoms with Gasteiger partial charge in [-0.15, -0.1) is 0 Å². The van der Waals surface area contributed by atoms with Crippen LogP contribution in [0.25, 0.3) is 0 Å². The molecule has 0 aliphatic heterocycles. The molecule has 0 saturated heterocycles. The van der Waals surface area contributed by atoms with E-state index in [1.165, 1.54) is 11.1 Å². The Hall–Kier alpha value is -1.68. The van der Waals surface area contributed by atoms with E-state index in [-0.39, 0.29) is 11.3 Å². The Morgan fingerprint density at radius 2 is 1.90 bits per heavy atom. The van der Waals surface area contributed by atoms with Gasteiger partial charge in [-0.05, 0) is 45.2 Å². The van der Waals surface area contributed by atoms with E-state index in [9.17, 15) is 0 Å². The van der Waals surface area contributed by atoms with Crippen molar-refractivity contribution >= 4 is 0 Å². The van der Waals surface area contributed by atoms with Crippen LogP contribution >= 0.6 is 0 Å². The summed E-state index contributed by atoms with van der Waals surface area (Å²) in [6.45, 7) is 8.04. The molecule has 0 amide bonds. The molecule has 2 aromatic rings. The van der Waals surface area contributed by atoms with E-state index in [0.29, 0.717) is 5.89 Å². The van der Waals surface area contributed by atoms with Crippen LogP contribution in [0.1, 0.15) is 56.5 Å². The van der Waals surface area contributed by atoms with E-state index >= 15 is 0 Å². The molecule has 0 bridgehead atoms. The minimum atomic E-state index is -0.422. The number of aromatic nitrogens is 2. The first-order valence-electron chi connectivity index (χ1n) is 7.01. The Balaban J connectivity index is 1.90. The molecular formula is C16H21N3O. The highest BCUT2D eigenvalue weighted by molar-refractivity contribution is 5.43. The van der Waals surface area contributed by atoms with Gasteiger partial charge in [-0.1, -0.05) is 29.4 Å². The monoisotopic (exact) mass is 271 g/mol. The van der Waals surface area contributed by atoms with Crippen molar-refractivity contribution in [3.8, 4) is 0 Å². The van der Waals surface area contributed by atoms with Gasteiger partial charge >= 0.3 is 0 Å². The molecule has 1 heterocycles. The van der Waals surface area contributed by atoms with Gasteiger partial charge in [-0.3, -0.25) is 0 Å². The Morgan fingerprint density at radius 1 is 1.20 bits per heavy atom. The van der Waals surface area contributed by atoms with Gasteiger partial charge in [0.05, 0.1) is 11.3 Å². The maximum Gasteiger partial charge on any atom is 0.234 e. The van der Waals surface area contributed by atoms with Crippen LogP contribution < -0.4 is 5.73 Å². The number of rotatable bonds is 3. The smallest absolute Gasteiger partial charge is 0.234 e. The largest absolute Gasteiger partial charge is 0.339 e. The molecule has 0 saturated carbocycles. The number of hydrogen-bond donors (Lipinski definition) is 1. The molecule has 3 rings (SSSR count). The number of nitrogens with zero attached hydrogens (tertiary/aromatic N) is 2. The molecule has 0 spiro atoms. The van der Waals surface area contributed by atoms with Crippen LogP contribution in [-0.4, -0.2) is 15.7 Å². The summed E-state index contributed by atoms with van der Waals surface area (Å²) in [6.07, 6.45) is 0.988. The van der Waals surface area contributed by atoms with Crippen molar-refractivity contribution in [1.82, 2.24) is 10.1 Å². The van der Waals surface area contributed by atoms with Crippen molar-refractivity contribution in [1.29, 1.82) is 0 Å². The fourth-order valence-electron chi connectivity index (χ4n) is 2.40. The first-order valence-corrected chi connectivity index (χ1v) is 7.01. The van der Waals surface area contributed by atoms with E-state index in [1.807, 2.05) is 27.7 Å². The lowest BCUT2D eigenvalue weighted by molar-refractivity contribution is 0.222. The Kier molecular flexibility index (Phi) is 2.77. The predicted molar refractivity (Wildman–Crippen MR) is 77.6 cm³/mol. The molecule has 106 valence electrons. The summed E-state index contributed by atoms with van der Waals surface area (Å²) in [5.41, 5.74) is 8.13. The lowest BCUT2D eigenvalue weighted by atomic mass is 9.75. The fraction of sp³-hybridized carbons (Fsp3) is 0.500. The van der Waals surface area contributed by atoms with Gasteiger partial charge in [-0.25, -0.2) is 0 Å². The molecular weight excluding hydrogens is 250 g/mol. The number of benzene rings is 1. The molecule has 2 N–H and O–H groups in total. The molecule has 1 atom stereocenters. The highest BCUT2D eigenvalue weighted by Crippen LogP contribution is 2.40. The maximum atomic E-state index is 6.23. The molecule has 4 heteroatoms. The minimum Gasteiger partial charge on any atom is -0.339 e. The summed E-state index contributed by atoms with van der Waals surface area (Å²) < 4.78 is 5.49. The normalized spacial score (nSPS) is 18.6. The average molecular weight is 271 g/mol. The Bertz CT molecular complexity index is 637. The molecule has 1 aromatic carbocycles. The SMILES string of the molecule is CC(C)(N)C(C)(C)c1nc(C2Cc3ccccc32)no1. The molecule has 1 aliphatic carbocycles. The quantitative estimate of drug-likeness (QED) is 0.932. The lowest BCUT2D eigenvalue weighted by Crippen LogP contribution is -2.50. The van der Waals surface area contributed by atoms with Crippen LogP contribution in [0.15, 0.2) is 28.8 Å². The van der Waals surface area contributed by atoms with Crippen molar-refractivity contribution in [3.63, 3.8) is 0 Å². The van der Waals surface area contributed by atoms with Crippen LogP contribution in [0, 0.1) is 0 Å². The average Bonchev–Trinajstić information content (AvgIpc) is 2.79. The topological polar surface area (TPSA) is 64.9 Å². The zero-order valence-corrected chi connectivity index (χ0v) is 12.5. The van der Waals surface area contributed by atoms with E-state index < -0.39 is 5.54 Å². The Labute approximate surface area is 119 Å².